The number of carbonyl (C=O) groups is 1. The van der Waals surface area contributed by atoms with Crippen molar-refractivity contribution < 1.29 is 9.90 Å². The van der Waals surface area contributed by atoms with Crippen molar-refractivity contribution in [1.29, 1.82) is 0 Å². The van der Waals surface area contributed by atoms with Crippen molar-refractivity contribution in [2.75, 3.05) is 11.9 Å². The van der Waals surface area contributed by atoms with Crippen LogP contribution in [0.4, 0.5) is 11.4 Å². The molecular formula is C23H28ClN5O2. The zero-order chi connectivity index (χ0) is 23.0. The Morgan fingerprint density at radius 3 is 2.68 bits per heavy atom. The van der Waals surface area contributed by atoms with Crippen molar-refractivity contribution in [3.05, 3.63) is 64.7 Å². The maximum Gasteiger partial charge on any atom is 0.255 e. The SMILES string of the molecule is C=N/C(=C\C(Cl)=C/C)c1cc(Nc2ccncc2C(=O)NCC(C)O)c(C(C)C)cn1. The fraction of sp³-hybridized carbons (Fsp3) is 0.304. The molecule has 0 aliphatic carbocycles. The molecule has 1 unspecified atom stereocenters. The highest BCUT2D eigenvalue weighted by Gasteiger charge is 2.16. The van der Waals surface area contributed by atoms with Crippen LogP contribution in [0.5, 0.6) is 0 Å². The van der Waals surface area contributed by atoms with Gasteiger partial charge in [-0.05, 0) is 50.3 Å². The van der Waals surface area contributed by atoms with Crippen LogP contribution < -0.4 is 10.6 Å². The average molecular weight is 442 g/mol. The van der Waals surface area contributed by atoms with Gasteiger partial charge in [0, 0.05) is 35.9 Å². The Kier molecular flexibility index (Phi) is 8.90. The number of amides is 1. The van der Waals surface area contributed by atoms with Crippen molar-refractivity contribution in [2.24, 2.45) is 4.99 Å². The zero-order valence-electron chi connectivity index (χ0n) is 18.2. The lowest BCUT2D eigenvalue weighted by Crippen LogP contribution is -2.31. The largest absolute Gasteiger partial charge is 0.392 e. The number of pyridine rings is 2. The van der Waals surface area contributed by atoms with E-state index in [0.29, 0.717) is 27.7 Å². The van der Waals surface area contributed by atoms with E-state index in [1.807, 2.05) is 13.0 Å². The highest BCUT2D eigenvalue weighted by Crippen LogP contribution is 2.31. The molecule has 1 amide bonds. The number of allylic oxidation sites excluding steroid dienone is 3. The van der Waals surface area contributed by atoms with E-state index in [2.05, 4.69) is 46.2 Å². The first-order valence-electron chi connectivity index (χ1n) is 9.94. The van der Waals surface area contributed by atoms with Gasteiger partial charge in [0.2, 0.25) is 0 Å². The van der Waals surface area contributed by atoms with Crippen molar-refractivity contribution in [1.82, 2.24) is 15.3 Å². The Bertz CT molecular complexity index is 999. The molecule has 0 aliphatic rings. The van der Waals surface area contributed by atoms with Crippen LogP contribution >= 0.6 is 11.6 Å². The van der Waals surface area contributed by atoms with Crippen LogP contribution in [-0.4, -0.2) is 40.3 Å². The lowest BCUT2D eigenvalue weighted by atomic mass is 10.0. The first-order valence-corrected chi connectivity index (χ1v) is 10.3. The van der Waals surface area contributed by atoms with Gasteiger partial charge in [0.05, 0.1) is 28.7 Å². The molecule has 2 aromatic rings. The second-order valence-electron chi connectivity index (χ2n) is 7.28. The summed E-state index contributed by atoms with van der Waals surface area (Å²) < 4.78 is 0. The van der Waals surface area contributed by atoms with Gasteiger partial charge >= 0.3 is 0 Å². The van der Waals surface area contributed by atoms with E-state index >= 15 is 0 Å². The molecule has 0 aliphatic heterocycles. The van der Waals surface area contributed by atoms with Gasteiger partial charge < -0.3 is 15.7 Å². The Morgan fingerprint density at radius 1 is 1.32 bits per heavy atom. The number of aliphatic hydroxyl groups excluding tert-OH is 1. The van der Waals surface area contributed by atoms with Crippen LogP contribution in [-0.2, 0) is 0 Å². The molecule has 0 bridgehead atoms. The number of aliphatic imine (C=N–C) groups is 1. The van der Waals surface area contributed by atoms with Crippen LogP contribution in [0, 0.1) is 0 Å². The quantitative estimate of drug-likeness (QED) is 0.389. The number of hydrogen-bond donors (Lipinski definition) is 3. The molecule has 1 atom stereocenters. The van der Waals surface area contributed by atoms with Crippen LogP contribution in [0.3, 0.4) is 0 Å². The molecule has 2 aromatic heterocycles. The van der Waals surface area contributed by atoms with E-state index in [1.165, 1.54) is 6.20 Å². The van der Waals surface area contributed by atoms with Crippen LogP contribution in [0.25, 0.3) is 5.70 Å². The van der Waals surface area contributed by atoms with Crippen LogP contribution in [0.15, 0.2) is 52.9 Å². The van der Waals surface area contributed by atoms with Gasteiger partial charge in [-0.15, -0.1) is 0 Å². The third-order valence-electron chi connectivity index (χ3n) is 4.43. The minimum Gasteiger partial charge on any atom is -0.392 e. The summed E-state index contributed by atoms with van der Waals surface area (Å²) in [5.41, 5.74) is 3.83. The molecule has 2 heterocycles. The van der Waals surface area contributed by atoms with E-state index in [1.54, 1.807) is 37.5 Å². The molecular weight excluding hydrogens is 414 g/mol. The number of nitrogens with zero attached hydrogens (tertiary/aromatic N) is 3. The van der Waals surface area contributed by atoms with E-state index < -0.39 is 6.10 Å². The zero-order valence-corrected chi connectivity index (χ0v) is 18.9. The molecule has 0 radical (unpaired) electrons. The lowest BCUT2D eigenvalue weighted by Gasteiger charge is -2.18. The normalized spacial score (nSPS) is 13.1. The Balaban J connectivity index is 2.48. The summed E-state index contributed by atoms with van der Waals surface area (Å²) >= 11 is 6.13. The summed E-state index contributed by atoms with van der Waals surface area (Å²) in [6, 6.07) is 3.58. The maximum atomic E-state index is 12.6. The number of anilines is 2. The van der Waals surface area contributed by atoms with Gasteiger partial charge in [0.1, 0.15) is 0 Å². The van der Waals surface area contributed by atoms with Crippen molar-refractivity contribution in [3.8, 4) is 0 Å². The Labute approximate surface area is 188 Å². The Hall–Kier alpha value is -3.03. The standard InChI is InChI=1S/C23H28ClN5O2/c1-6-16(24)9-21(25-5)22-10-20(17(13-27-22)14(2)3)29-19-7-8-26-12-18(19)23(31)28-11-15(4)30/h6-10,12-15,30H,5,11H2,1-4H3,(H,28,31)(H,26,27,29)/b16-6+,21-9-. The van der Waals surface area contributed by atoms with Gasteiger partial charge in [0.15, 0.2) is 0 Å². The maximum absolute atomic E-state index is 12.6. The minimum atomic E-state index is -0.645. The van der Waals surface area contributed by atoms with Gasteiger partial charge in [-0.3, -0.25) is 19.8 Å². The number of aliphatic hydroxyl groups is 1. The number of hydrogen-bond acceptors (Lipinski definition) is 6. The number of aromatic nitrogens is 2. The molecule has 2 rings (SSSR count). The fourth-order valence-corrected chi connectivity index (χ4v) is 2.86. The summed E-state index contributed by atoms with van der Waals surface area (Å²) in [7, 11) is 0. The molecule has 0 saturated carbocycles. The van der Waals surface area contributed by atoms with Crippen LogP contribution in [0.1, 0.15) is 55.2 Å². The topological polar surface area (TPSA) is 99.5 Å². The van der Waals surface area contributed by atoms with Gasteiger partial charge in [0.25, 0.3) is 5.91 Å². The molecule has 8 heteroatoms. The third kappa shape index (κ3) is 6.73. The fourth-order valence-electron chi connectivity index (χ4n) is 2.75. The molecule has 3 N–H and O–H groups in total. The molecule has 7 nitrogen and oxygen atoms in total. The van der Waals surface area contributed by atoms with Crippen molar-refractivity contribution in [3.63, 3.8) is 0 Å². The van der Waals surface area contributed by atoms with E-state index in [9.17, 15) is 9.90 Å². The predicted octanol–water partition coefficient (Wildman–Crippen LogP) is 4.64. The second kappa shape index (κ2) is 11.4. The van der Waals surface area contributed by atoms with Crippen LogP contribution in [0.2, 0.25) is 0 Å². The molecule has 164 valence electrons. The number of carbonyl (C=O) groups excluding carboxylic acids is 1. The Morgan fingerprint density at radius 2 is 2.06 bits per heavy atom. The van der Waals surface area contributed by atoms with Gasteiger partial charge in [-0.1, -0.05) is 31.5 Å². The highest BCUT2D eigenvalue weighted by molar-refractivity contribution is 6.31. The number of halogens is 1. The summed E-state index contributed by atoms with van der Waals surface area (Å²) in [4.78, 5) is 25.2. The minimum absolute atomic E-state index is 0.148. The molecule has 0 fully saturated rings. The lowest BCUT2D eigenvalue weighted by molar-refractivity contribution is 0.0924. The molecule has 0 saturated heterocycles. The third-order valence-corrected chi connectivity index (χ3v) is 4.76. The first kappa shape index (κ1) is 24.2. The first-order chi connectivity index (χ1) is 14.8. The predicted molar refractivity (Wildman–Crippen MR) is 127 cm³/mol. The molecule has 0 aromatic carbocycles. The van der Waals surface area contributed by atoms with Gasteiger partial charge in [-0.25, -0.2) is 0 Å². The average Bonchev–Trinajstić information content (AvgIpc) is 2.75. The monoisotopic (exact) mass is 441 g/mol. The van der Waals surface area contributed by atoms with E-state index in [4.69, 9.17) is 11.6 Å². The van der Waals surface area contributed by atoms with Gasteiger partial charge in [-0.2, -0.15) is 0 Å². The molecule has 31 heavy (non-hydrogen) atoms. The van der Waals surface area contributed by atoms with E-state index in [0.717, 1.165) is 11.3 Å². The highest BCUT2D eigenvalue weighted by atomic mass is 35.5. The van der Waals surface area contributed by atoms with Crippen molar-refractivity contribution in [2.45, 2.75) is 39.7 Å². The van der Waals surface area contributed by atoms with E-state index in [-0.39, 0.29) is 18.4 Å². The summed E-state index contributed by atoms with van der Waals surface area (Å²) in [6.07, 6.45) is 7.67. The summed E-state index contributed by atoms with van der Waals surface area (Å²) in [6.45, 7) is 11.3. The second-order valence-corrected chi connectivity index (χ2v) is 7.71. The summed E-state index contributed by atoms with van der Waals surface area (Å²) in [5.74, 6) is -0.147. The van der Waals surface area contributed by atoms with Crippen molar-refractivity contribution >= 4 is 41.3 Å². The smallest absolute Gasteiger partial charge is 0.255 e. The number of nitrogens with one attached hydrogen (secondary N) is 2. The number of rotatable bonds is 9. The summed E-state index contributed by atoms with van der Waals surface area (Å²) in [5, 5.41) is 16.0. The molecule has 0 spiro atoms.